The molecule has 0 fully saturated rings. The van der Waals surface area contributed by atoms with E-state index in [1.165, 1.54) is 21.7 Å². The molecule has 1 atom stereocenters. The van der Waals surface area contributed by atoms with Crippen molar-refractivity contribution in [2.45, 2.75) is 30.7 Å². The van der Waals surface area contributed by atoms with Gasteiger partial charge in [-0.1, -0.05) is 48.9 Å². The van der Waals surface area contributed by atoms with Crippen LogP contribution in [-0.2, 0) is 11.3 Å². The van der Waals surface area contributed by atoms with Crippen LogP contribution in [-0.4, -0.2) is 43.1 Å². The number of para-hydroxylation sites is 1. The molecule has 36 heavy (non-hydrogen) atoms. The fourth-order valence-corrected chi connectivity index (χ4v) is 5.71. The van der Waals surface area contributed by atoms with E-state index in [1.807, 2.05) is 30.1 Å². The summed E-state index contributed by atoms with van der Waals surface area (Å²) in [6, 6.07) is 21.2. The second-order valence-electron chi connectivity index (χ2n) is 8.69. The summed E-state index contributed by atoms with van der Waals surface area (Å²) >= 11 is 8.48. The number of benzene rings is 3. The Morgan fingerprint density at radius 1 is 1.14 bits per heavy atom. The monoisotopic (exact) mass is 527 g/mol. The minimum absolute atomic E-state index is 0.240. The van der Waals surface area contributed by atoms with Crippen LogP contribution in [0.2, 0.25) is 5.02 Å². The van der Waals surface area contributed by atoms with Gasteiger partial charge in [-0.25, -0.2) is 10.1 Å². The number of hydrogen-bond acceptors (Lipinski definition) is 7. The molecule has 0 aliphatic carbocycles. The van der Waals surface area contributed by atoms with Gasteiger partial charge in [0.25, 0.3) is 6.47 Å². The average molecular weight is 528 g/mol. The SMILES string of the molecule is CCC(c1ccc(N(C)N)c(N)c1)c1ccc(Cl)c(CN2CCN(C)c3ccccc3S2)c1.O=CO. The molecule has 1 unspecified atom stereocenters. The van der Waals surface area contributed by atoms with Crippen molar-refractivity contribution in [2.24, 2.45) is 5.84 Å². The van der Waals surface area contributed by atoms with E-state index in [-0.39, 0.29) is 12.4 Å². The van der Waals surface area contributed by atoms with E-state index in [2.05, 4.69) is 65.6 Å². The van der Waals surface area contributed by atoms with Gasteiger partial charge in [0.1, 0.15) is 0 Å². The lowest BCUT2D eigenvalue weighted by Crippen LogP contribution is -2.26. The van der Waals surface area contributed by atoms with Gasteiger partial charge in [-0.2, -0.15) is 0 Å². The number of nitrogens with two attached hydrogens (primary N) is 2. The fraction of sp³-hybridized carbons (Fsp3) is 0.296. The van der Waals surface area contributed by atoms with Crippen molar-refractivity contribution in [1.82, 2.24) is 4.31 Å². The highest BCUT2D eigenvalue weighted by molar-refractivity contribution is 7.97. The predicted octanol–water partition coefficient (Wildman–Crippen LogP) is 5.43. The second kappa shape index (κ2) is 12.9. The standard InChI is InChI=1S/C26H32ClN5S.CH2O2/c1-4-21(19-10-12-24(31(3)29)23(28)16-19)18-9-11-22(27)20(15-18)17-32-14-13-30(2)25-7-5-6-8-26(25)33-32;2-1-3/h5-12,15-16,21H,4,13-14,17,28-29H2,1-3H3;1H,(H,2,3). The zero-order valence-corrected chi connectivity index (χ0v) is 22.5. The maximum absolute atomic E-state index is 8.36. The molecule has 0 spiro atoms. The quantitative estimate of drug-likeness (QED) is 0.128. The molecule has 3 aromatic carbocycles. The van der Waals surface area contributed by atoms with Crippen molar-refractivity contribution in [3.8, 4) is 0 Å². The average Bonchev–Trinajstić information content (AvgIpc) is 3.00. The molecule has 1 heterocycles. The van der Waals surface area contributed by atoms with Crippen LogP contribution in [0, 0.1) is 0 Å². The second-order valence-corrected chi connectivity index (χ2v) is 10.2. The van der Waals surface area contributed by atoms with Gasteiger partial charge in [-0.05, 0) is 65.4 Å². The topological polar surface area (TPSA) is 99.1 Å². The molecular weight excluding hydrogens is 494 g/mol. The van der Waals surface area contributed by atoms with E-state index in [1.54, 1.807) is 12.1 Å². The number of carbonyl (C=O) groups is 1. The number of likely N-dealkylation sites (N-methyl/N-ethyl adjacent to an activating group) is 1. The first-order valence-electron chi connectivity index (χ1n) is 11.8. The summed E-state index contributed by atoms with van der Waals surface area (Å²) in [5, 5.41) is 9.24. The molecule has 9 heteroatoms. The number of fused-ring (bicyclic) bond motifs is 1. The summed E-state index contributed by atoms with van der Waals surface area (Å²) < 4.78 is 2.40. The zero-order valence-electron chi connectivity index (χ0n) is 20.9. The maximum Gasteiger partial charge on any atom is 0.290 e. The van der Waals surface area contributed by atoms with Gasteiger partial charge < -0.3 is 20.7 Å². The van der Waals surface area contributed by atoms with Gasteiger partial charge in [0.15, 0.2) is 0 Å². The van der Waals surface area contributed by atoms with Crippen LogP contribution in [0.25, 0.3) is 0 Å². The lowest BCUT2D eigenvalue weighted by molar-refractivity contribution is -0.122. The molecule has 0 bridgehead atoms. The molecule has 4 rings (SSSR count). The summed E-state index contributed by atoms with van der Waals surface area (Å²) in [7, 11) is 3.95. The summed E-state index contributed by atoms with van der Waals surface area (Å²) in [5.41, 5.74) is 12.7. The van der Waals surface area contributed by atoms with Crippen LogP contribution in [0.4, 0.5) is 17.1 Å². The number of carboxylic acid groups (broad SMARTS) is 1. The summed E-state index contributed by atoms with van der Waals surface area (Å²) in [5.74, 6) is 6.13. The Labute approximate surface area is 222 Å². The molecule has 1 aliphatic rings. The van der Waals surface area contributed by atoms with Crippen LogP contribution in [0.5, 0.6) is 0 Å². The number of hydrazine groups is 1. The Morgan fingerprint density at radius 3 is 2.47 bits per heavy atom. The highest BCUT2D eigenvalue weighted by Gasteiger charge is 2.21. The largest absolute Gasteiger partial charge is 0.483 e. The number of halogens is 1. The summed E-state index contributed by atoms with van der Waals surface area (Å²) in [6.45, 7) is 4.67. The lowest BCUT2D eigenvalue weighted by Gasteiger charge is -2.23. The Hall–Kier alpha value is -2.91. The van der Waals surface area contributed by atoms with E-state index in [9.17, 15) is 0 Å². The van der Waals surface area contributed by atoms with Gasteiger partial charge in [-0.3, -0.25) is 4.79 Å². The molecule has 0 saturated heterocycles. The van der Waals surface area contributed by atoms with Crippen molar-refractivity contribution < 1.29 is 9.90 Å². The molecule has 192 valence electrons. The number of nitrogens with zero attached hydrogens (tertiary/aromatic N) is 3. The highest BCUT2D eigenvalue weighted by Crippen LogP contribution is 2.37. The third-order valence-corrected chi connectivity index (χ3v) is 7.73. The van der Waals surface area contributed by atoms with E-state index in [0.717, 1.165) is 42.3 Å². The van der Waals surface area contributed by atoms with Crippen LogP contribution in [0.1, 0.15) is 36.0 Å². The van der Waals surface area contributed by atoms with Gasteiger partial charge in [0.05, 0.1) is 17.1 Å². The van der Waals surface area contributed by atoms with Crippen molar-refractivity contribution in [1.29, 1.82) is 0 Å². The van der Waals surface area contributed by atoms with Crippen molar-refractivity contribution >= 4 is 47.1 Å². The first-order valence-corrected chi connectivity index (χ1v) is 12.9. The zero-order chi connectivity index (χ0) is 26.2. The normalized spacial score (nSPS) is 14.2. The minimum atomic E-state index is -0.250. The summed E-state index contributed by atoms with van der Waals surface area (Å²) in [6.07, 6.45) is 0.967. The van der Waals surface area contributed by atoms with Crippen LogP contribution in [0.15, 0.2) is 65.6 Å². The molecule has 0 aromatic heterocycles. The lowest BCUT2D eigenvalue weighted by atomic mass is 9.88. The van der Waals surface area contributed by atoms with Gasteiger partial charge in [0, 0.05) is 49.6 Å². The van der Waals surface area contributed by atoms with Crippen molar-refractivity contribution in [3.05, 3.63) is 82.4 Å². The van der Waals surface area contributed by atoms with E-state index in [4.69, 9.17) is 33.1 Å². The Balaban J connectivity index is 0.00000115. The van der Waals surface area contributed by atoms with Gasteiger partial charge >= 0.3 is 0 Å². The first kappa shape index (κ1) is 27.7. The number of rotatable bonds is 6. The minimum Gasteiger partial charge on any atom is -0.483 e. The molecule has 3 aromatic rings. The smallest absolute Gasteiger partial charge is 0.290 e. The maximum atomic E-state index is 8.36. The van der Waals surface area contributed by atoms with Crippen molar-refractivity contribution in [2.75, 3.05) is 42.8 Å². The molecule has 0 radical (unpaired) electrons. The molecule has 0 amide bonds. The predicted molar refractivity (Wildman–Crippen MR) is 152 cm³/mol. The highest BCUT2D eigenvalue weighted by atomic mass is 35.5. The Kier molecular flexibility index (Phi) is 9.89. The number of anilines is 3. The Bertz CT molecular complexity index is 1180. The fourth-order valence-electron chi connectivity index (χ4n) is 4.43. The van der Waals surface area contributed by atoms with Gasteiger partial charge in [-0.15, -0.1) is 0 Å². The van der Waals surface area contributed by atoms with Crippen LogP contribution >= 0.6 is 23.5 Å². The molecule has 0 saturated carbocycles. The first-order chi connectivity index (χ1) is 17.3. The molecule has 1 aliphatic heterocycles. The number of nitrogen functional groups attached to an aromatic ring is 1. The third-order valence-electron chi connectivity index (χ3n) is 6.25. The van der Waals surface area contributed by atoms with Crippen molar-refractivity contribution in [3.63, 3.8) is 0 Å². The van der Waals surface area contributed by atoms with Crippen LogP contribution < -0.4 is 21.5 Å². The number of hydrogen-bond donors (Lipinski definition) is 3. The Morgan fingerprint density at radius 2 is 1.81 bits per heavy atom. The molecule has 7 nitrogen and oxygen atoms in total. The van der Waals surface area contributed by atoms with Gasteiger partial charge in [0.2, 0.25) is 0 Å². The summed E-state index contributed by atoms with van der Waals surface area (Å²) in [4.78, 5) is 12.0. The van der Waals surface area contributed by atoms with E-state index in [0.29, 0.717) is 5.69 Å². The van der Waals surface area contributed by atoms with Crippen LogP contribution in [0.3, 0.4) is 0 Å². The third kappa shape index (κ3) is 6.64. The molecular formula is C27H34ClN5O2S. The molecule has 5 N–H and O–H groups in total. The van der Waals surface area contributed by atoms with E-state index < -0.39 is 0 Å². The van der Waals surface area contributed by atoms with E-state index >= 15 is 0 Å².